The number of nitrogens with one attached hydrogen (secondary N) is 1. The first-order valence-electron chi connectivity index (χ1n) is 5.90. The molecule has 0 aliphatic heterocycles. The van der Waals surface area contributed by atoms with Crippen LogP contribution >= 0.6 is 15.9 Å². The first kappa shape index (κ1) is 14.7. The molecule has 0 heterocycles. The largest absolute Gasteiger partial charge is 0.355 e. The maximum absolute atomic E-state index is 12.3. The highest BCUT2D eigenvalue weighted by atomic mass is 79.9. The monoisotopic (exact) mass is 312 g/mol. The van der Waals surface area contributed by atoms with E-state index < -0.39 is 0 Å². The predicted molar refractivity (Wildman–Crippen MR) is 74.4 cm³/mol. The van der Waals surface area contributed by atoms with Crippen LogP contribution in [0.2, 0.25) is 0 Å². The van der Waals surface area contributed by atoms with Crippen molar-refractivity contribution in [1.82, 2.24) is 10.2 Å². The summed E-state index contributed by atoms with van der Waals surface area (Å²) in [5, 5.41) is 2.69. The third kappa shape index (κ3) is 3.84. The van der Waals surface area contributed by atoms with Crippen LogP contribution in [0.5, 0.6) is 0 Å². The van der Waals surface area contributed by atoms with Gasteiger partial charge in [-0.25, -0.2) is 0 Å². The number of carbonyl (C=O) groups is 2. The van der Waals surface area contributed by atoms with E-state index in [1.165, 1.54) is 4.90 Å². The highest BCUT2D eigenvalue weighted by Gasteiger charge is 2.18. The smallest absolute Gasteiger partial charge is 0.255 e. The molecule has 1 aromatic rings. The number of hydrogen-bond donors (Lipinski definition) is 1. The number of benzene rings is 1. The van der Waals surface area contributed by atoms with Crippen molar-refractivity contribution in [3.8, 4) is 0 Å². The fraction of sp³-hybridized carbons (Fsp3) is 0.385. The van der Waals surface area contributed by atoms with Crippen molar-refractivity contribution in [2.75, 3.05) is 19.6 Å². The van der Waals surface area contributed by atoms with Gasteiger partial charge in [0.1, 0.15) is 0 Å². The predicted octanol–water partition coefficient (Wildman–Crippen LogP) is 2.05. The first-order valence-corrected chi connectivity index (χ1v) is 6.69. The molecule has 0 saturated heterocycles. The van der Waals surface area contributed by atoms with Crippen LogP contribution in [0, 0.1) is 0 Å². The molecule has 2 amide bonds. The topological polar surface area (TPSA) is 49.4 Å². The number of hydrogen-bond acceptors (Lipinski definition) is 2. The minimum Gasteiger partial charge on any atom is -0.355 e. The maximum Gasteiger partial charge on any atom is 0.255 e. The van der Waals surface area contributed by atoms with Gasteiger partial charge in [-0.1, -0.05) is 12.1 Å². The molecule has 1 N–H and O–H groups in total. The molecule has 0 atom stereocenters. The molecular formula is C13H17BrN2O2. The van der Waals surface area contributed by atoms with Gasteiger partial charge < -0.3 is 10.2 Å². The molecule has 5 heteroatoms. The SMILES string of the molecule is CCNC(=O)CN(CC)C(=O)c1ccccc1Br. The van der Waals surface area contributed by atoms with Gasteiger partial charge in [0.2, 0.25) is 5.91 Å². The molecule has 0 fully saturated rings. The lowest BCUT2D eigenvalue weighted by Gasteiger charge is -2.20. The first-order chi connectivity index (χ1) is 8.60. The van der Waals surface area contributed by atoms with Crippen LogP contribution in [-0.2, 0) is 4.79 Å². The summed E-state index contributed by atoms with van der Waals surface area (Å²) >= 11 is 3.34. The van der Waals surface area contributed by atoms with Crippen molar-refractivity contribution in [3.63, 3.8) is 0 Å². The Kier molecular flexibility index (Phi) is 5.85. The number of likely N-dealkylation sites (N-methyl/N-ethyl adjacent to an activating group) is 2. The van der Waals surface area contributed by atoms with Crippen LogP contribution in [0.3, 0.4) is 0 Å². The molecule has 0 aromatic heterocycles. The van der Waals surface area contributed by atoms with E-state index in [-0.39, 0.29) is 18.4 Å². The number of halogens is 1. The summed E-state index contributed by atoms with van der Waals surface area (Å²) in [4.78, 5) is 25.3. The molecule has 0 spiro atoms. The van der Waals surface area contributed by atoms with E-state index in [1.54, 1.807) is 12.1 Å². The average molecular weight is 313 g/mol. The molecule has 0 aliphatic rings. The fourth-order valence-corrected chi connectivity index (χ4v) is 2.01. The number of amides is 2. The Morgan fingerprint density at radius 1 is 1.28 bits per heavy atom. The van der Waals surface area contributed by atoms with Crippen LogP contribution in [0.25, 0.3) is 0 Å². The molecule has 0 unspecified atom stereocenters. The second-order valence-electron chi connectivity index (χ2n) is 3.75. The van der Waals surface area contributed by atoms with Gasteiger partial charge >= 0.3 is 0 Å². The number of nitrogens with zero attached hydrogens (tertiary/aromatic N) is 1. The van der Waals surface area contributed by atoms with Gasteiger partial charge in [-0.15, -0.1) is 0 Å². The van der Waals surface area contributed by atoms with Gasteiger partial charge in [0.05, 0.1) is 12.1 Å². The second kappa shape index (κ2) is 7.16. The fourth-order valence-electron chi connectivity index (χ4n) is 1.56. The summed E-state index contributed by atoms with van der Waals surface area (Å²) in [6, 6.07) is 7.21. The van der Waals surface area contributed by atoms with Crippen LogP contribution in [0.15, 0.2) is 28.7 Å². The third-order valence-electron chi connectivity index (χ3n) is 2.48. The lowest BCUT2D eigenvalue weighted by molar-refractivity contribution is -0.121. The van der Waals surface area contributed by atoms with Crippen LogP contribution in [-0.4, -0.2) is 36.3 Å². The molecule has 1 aromatic carbocycles. The van der Waals surface area contributed by atoms with E-state index in [0.717, 1.165) is 4.47 Å². The van der Waals surface area contributed by atoms with E-state index in [0.29, 0.717) is 18.7 Å². The number of rotatable bonds is 5. The molecule has 18 heavy (non-hydrogen) atoms. The quantitative estimate of drug-likeness (QED) is 0.904. The van der Waals surface area contributed by atoms with Crippen molar-refractivity contribution in [3.05, 3.63) is 34.3 Å². The third-order valence-corrected chi connectivity index (χ3v) is 3.17. The van der Waals surface area contributed by atoms with Gasteiger partial charge in [-0.2, -0.15) is 0 Å². The second-order valence-corrected chi connectivity index (χ2v) is 4.61. The van der Waals surface area contributed by atoms with Crippen molar-refractivity contribution in [2.24, 2.45) is 0 Å². The summed E-state index contributed by atoms with van der Waals surface area (Å²) in [5.41, 5.74) is 0.573. The maximum atomic E-state index is 12.3. The number of carbonyl (C=O) groups excluding carboxylic acids is 2. The van der Waals surface area contributed by atoms with Gasteiger partial charge in [-0.3, -0.25) is 9.59 Å². The highest BCUT2D eigenvalue weighted by Crippen LogP contribution is 2.17. The molecule has 0 aliphatic carbocycles. The summed E-state index contributed by atoms with van der Waals surface area (Å²) in [6.07, 6.45) is 0. The average Bonchev–Trinajstić information content (AvgIpc) is 2.36. The van der Waals surface area contributed by atoms with E-state index >= 15 is 0 Å². The van der Waals surface area contributed by atoms with Crippen molar-refractivity contribution >= 4 is 27.7 Å². The summed E-state index contributed by atoms with van der Waals surface area (Å²) in [6.45, 7) is 4.86. The van der Waals surface area contributed by atoms with Gasteiger partial charge in [0, 0.05) is 17.6 Å². The van der Waals surface area contributed by atoms with Gasteiger partial charge in [-0.05, 0) is 41.9 Å². The Morgan fingerprint density at radius 3 is 2.50 bits per heavy atom. The van der Waals surface area contributed by atoms with Crippen LogP contribution in [0.4, 0.5) is 0 Å². The minimum atomic E-state index is -0.142. The Balaban J connectivity index is 2.80. The molecule has 1 rings (SSSR count). The van der Waals surface area contributed by atoms with E-state index in [9.17, 15) is 9.59 Å². The molecule has 0 bridgehead atoms. The van der Waals surface area contributed by atoms with Crippen molar-refractivity contribution in [2.45, 2.75) is 13.8 Å². The van der Waals surface area contributed by atoms with Crippen LogP contribution < -0.4 is 5.32 Å². The Bertz CT molecular complexity index is 435. The highest BCUT2D eigenvalue weighted by molar-refractivity contribution is 9.10. The molecule has 4 nitrogen and oxygen atoms in total. The molecule has 0 radical (unpaired) electrons. The van der Waals surface area contributed by atoms with E-state index in [4.69, 9.17) is 0 Å². The lowest BCUT2D eigenvalue weighted by atomic mass is 10.2. The Labute approximate surface area is 115 Å². The zero-order chi connectivity index (χ0) is 13.5. The van der Waals surface area contributed by atoms with Crippen molar-refractivity contribution in [1.29, 1.82) is 0 Å². The summed E-state index contributed by atoms with van der Waals surface area (Å²) in [5.74, 6) is -0.281. The molecule has 0 saturated carbocycles. The van der Waals surface area contributed by atoms with E-state index in [1.807, 2.05) is 26.0 Å². The van der Waals surface area contributed by atoms with Crippen molar-refractivity contribution < 1.29 is 9.59 Å². The minimum absolute atomic E-state index is 0.0878. The normalized spacial score (nSPS) is 9.94. The molecule has 98 valence electrons. The standard InChI is InChI=1S/C13H17BrN2O2/c1-3-15-12(17)9-16(4-2)13(18)10-7-5-6-8-11(10)14/h5-8H,3-4,9H2,1-2H3,(H,15,17). The zero-order valence-corrected chi connectivity index (χ0v) is 12.2. The summed E-state index contributed by atoms with van der Waals surface area (Å²) < 4.78 is 0.740. The summed E-state index contributed by atoms with van der Waals surface area (Å²) in [7, 11) is 0. The zero-order valence-electron chi connectivity index (χ0n) is 10.6. The van der Waals surface area contributed by atoms with Gasteiger partial charge in [0.15, 0.2) is 0 Å². The molecular weight excluding hydrogens is 296 g/mol. The Morgan fingerprint density at radius 2 is 1.94 bits per heavy atom. The Hall–Kier alpha value is -1.36. The van der Waals surface area contributed by atoms with E-state index in [2.05, 4.69) is 21.2 Å². The van der Waals surface area contributed by atoms with Crippen LogP contribution in [0.1, 0.15) is 24.2 Å². The van der Waals surface area contributed by atoms with Gasteiger partial charge in [0.25, 0.3) is 5.91 Å². The lowest BCUT2D eigenvalue weighted by Crippen LogP contribution is -2.40.